The number of rotatable bonds is 4. The zero-order valence-corrected chi connectivity index (χ0v) is 12.8. The Labute approximate surface area is 120 Å². The minimum absolute atomic E-state index is 0.313. The molecule has 0 aliphatic carbocycles. The van der Waals surface area contributed by atoms with E-state index in [2.05, 4.69) is 41.3 Å². The molecular weight excluding hydrogens is 250 g/mol. The van der Waals surface area contributed by atoms with Crippen molar-refractivity contribution in [3.63, 3.8) is 0 Å². The maximum Gasteiger partial charge on any atom is 0.152 e. The second-order valence-corrected chi connectivity index (χ2v) is 5.49. The van der Waals surface area contributed by atoms with Crippen molar-refractivity contribution in [3.8, 4) is 0 Å². The zero-order valence-electron chi connectivity index (χ0n) is 12.8. The summed E-state index contributed by atoms with van der Waals surface area (Å²) in [5.74, 6) is 1.15. The Morgan fingerprint density at radius 2 is 1.80 bits per heavy atom. The van der Waals surface area contributed by atoms with E-state index in [1.54, 1.807) is 4.68 Å². The quantitative estimate of drug-likeness (QED) is 0.899. The van der Waals surface area contributed by atoms with Crippen LogP contribution in [0.15, 0.2) is 24.3 Å². The fourth-order valence-corrected chi connectivity index (χ4v) is 2.12. The van der Waals surface area contributed by atoms with Crippen molar-refractivity contribution in [3.05, 3.63) is 30.0 Å². The average molecular weight is 273 g/mol. The molecule has 2 rings (SSSR count). The van der Waals surface area contributed by atoms with Crippen LogP contribution in [0.5, 0.6) is 0 Å². The van der Waals surface area contributed by atoms with Crippen LogP contribution in [0.1, 0.15) is 25.5 Å². The van der Waals surface area contributed by atoms with Crippen molar-refractivity contribution in [1.29, 1.82) is 0 Å². The normalized spacial score (nSPS) is 10.9. The number of benzene rings is 1. The molecule has 0 atom stereocenters. The molecule has 2 aromatic rings. The third-order valence-electron chi connectivity index (χ3n) is 3.31. The van der Waals surface area contributed by atoms with E-state index in [1.807, 2.05) is 33.3 Å². The SMILES string of the molecule is CC(C)c1nn(C)c(Nc2ccc(N(C)C)cc2)c1N. The Balaban J connectivity index is 2.26. The number of hydrogen-bond donors (Lipinski definition) is 2. The Hall–Kier alpha value is -2.17. The first-order valence-corrected chi connectivity index (χ1v) is 6.77. The first-order valence-electron chi connectivity index (χ1n) is 6.77. The molecule has 0 amide bonds. The Morgan fingerprint density at radius 1 is 1.20 bits per heavy atom. The highest BCUT2D eigenvalue weighted by molar-refractivity contribution is 5.72. The topological polar surface area (TPSA) is 59.1 Å². The van der Waals surface area contributed by atoms with Crippen molar-refractivity contribution in [2.24, 2.45) is 7.05 Å². The van der Waals surface area contributed by atoms with Gasteiger partial charge in [0.05, 0.1) is 11.4 Å². The summed E-state index contributed by atoms with van der Waals surface area (Å²) in [6.07, 6.45) is 0. The van der Waals surface area contributed by atoms with E-state index >= 15 is 0 Å². The largest absolute Gasteiger partial charge is 0.394 e. The summed E-state index contributed by atoms with van der Waals surface area (Å²) >= 11 is 0. The number of nitrogens with two attached hydrogens (primary N) is 1. The molecular formula is C15H23N5. The van der Waals surface area contributed by atoms with E-state index in [1.165, 1.54) is 0 Å². The summed E-state index contributed by atoms with van der Waals surface area (Å²) in [6.45, 7) is 4.18. The van der Waals surface area contributed by atoms with Crippen LogP contribution in [-0.2, 0) is 7.05 Å². The fraction of sp³-hybridized carbons (Fsp3) is 0.400. The minimum atomic E-state index is 0.313. The van der Waals surface area contributed by atoms with E-state index in [-0.39, 0.29) is 0 Å². The van der Waals surface area contributed by atoms with Crippen LogP contribution in [0.3, 0.4) is 0 Å². The highest BCUT2D eigenvalue weighted by Gasteiger charge is 2.15. The maximum absolute atomic E-state index is 6.18. The van der Waals surface area contributed by atoms with Crippen LogP contribution in [-0.4, -0.2) is 23.9 Å². The lowest BCUT2D eigenvalue weighted by Gasteiger charge is -2.13. The Morgan fingerprint density at radius 3 is 2.25 bits per heavy atom. The second-order valence-electron chi connectivity index (χ2n) is 5.49. The van der Waals surface area contributed by atoms with Gasteiger partial charge in [-0.1, -0.05) is 13.8 Å². The number of aromatic nitrogens is 2. The zero-order chi connectivity index (χ0) is 14.9. The van der Waals surface area contributed by atoms with Gasteiger partial charge in [-0.05, 0) is 30.2 Å². The fourth-order valence-electron chi connectivity index (χ4n) is 2.12. The van der Waals surface area contributed by atoms with E-state index < -0.39 is 0 Å². The van der Waals surface area contributed by atoms with E-state index in [0.717, 1.165) is 28.6 Å². The molecule has 0 unspecified atom stereocenters. The average Bonchev–Trinajstić information content (AvgIpc) is 2.67. The standard InChI is InChI=1S/C15H23N5/c1-10(2)14-13(16)15(20(5)18-14)17-11-6-8-12(9-7-11)19(3)4/h6-10,17H,16H2,1-5H3. The molecule has 0 radical (unpaired) electrons. The lowest BCUT2D eigenvalue weighted by Crippen LogP contribution is -2.08. The van der Waals surface area contributed by atoms with Crippen molar-refractivity contribution in [2.75, 3.05) is 30.0 Å². The predicted molar refractivity (Wildman–Crippen MR) is 85.8 cm³/mol. The summed E-state index contributed by atoms with van der Waals surface area (Å²) in [5.41, 5.74) is 9.99. The number of anilines is 4. The van der Waals surface area contributed by atoms with Crippen LogP contribution in [0.2, 0.25) is 0 Å². The highest BCUT2D eigenvalue weighted by Crippen LogP contribution is 2.30. The second kappa shape index (κ2) is 5.45. The number of nitrogens with one attached hydrogen (secondary N) is 1. The van der Waals surface area contributed by atoms with Crippen molar-refractivity contribution in [2.45, 2.75) is 19.8 Å². The highest BCUT2D eigenvalue weighted by atomic mass is 15.3. The van der Waals surface area contributed by atoms with Gasteiger partial charge in [-0.3, -0.25) is 4.68 Å². The van der Waals surface area contributed by atoms with Crippen LogP contribution >= 0.6 is 0 Å². The molecule has 20 heavy (non-hydrogen) atoms. The molecule has 0 fully saturated rings. The van der Waals surface area contributed by atoms with Gasteiger partial charge in [-0.25, -0.2) is 0 Å². The molecule has 3 N–H and O–H groups in total. The van der Waals surface area contributed by atoms with Gasteiger partial charge in [-0.15, -0.1) is 0 Å². The number of aryl methyl sites for hydroxylation is 1. The van der Waals surface area contributed by atoms with Gasteiger partial charge in [0.1, 0.15) is 0 Å². The van der Waals surface area contributed by atoms with Gasteiger partial charge >= 0.3 is 0 Å². The molecule has 108 valence electrons. The number of nitrogens with zero attached hydrogens (tertiary/aromatic N) is 3. The van der Waals surface area contributed by atoms with E-state index in [4.69, 9.17) is 5.73 Å². The van der Waals surface area contributed by atoms with Crippen molar-refractivity contribution < 1.29 is 0 Å². The molecule has 0 saturated heterocycles. The summed E-state index contributed by atoms with van der Waals surface area (Å²) in [7, 11) is 5.95. The van der Waals surface area contributed by atoms with Crippen LogP contribution < -0.4 is 16.0 Å². The molecule has 0 saturated carbocycles. The third-order valence-corrected chi connectivity index (χ3v) is 3.31. The van der Waals surface area contributed by atoms with Gasteiger partial charge in [-0.2, -0.15) is 5.10 Å². The van der Waals surface area contributed by atoms with Crippen LogP contribution in [0.4, 0.5) is 22.9 Å². The molecule has 1 aromatic heterocycles. The van der Waals surface area contributed by atoms with Gasteiger partial charge in [0.2, 0.25) is 0 Å². The first kappa shape index (κ1) is 14.2. The molecule has 0 spiro atoms. The number of nitrogen functional groups attached to an aromatic ring is 1. The first-order chi connectivity index (χ1) is 9.40. The summed E-state index contributed by atoms with van der Waals surface area (Å²) in [6, 6.07) is 8.21. The monoisotopic (exact) mass is 273 g/mol. The van der Waals surface area contributed by atoms with Crippen LogP contribution in [0, 0.1) is 0 Å². The van der Waals surface area contributed by atoms with Gasteiger partial charge < -0.3 is 16.0 Å². The predicted octanol–water partition coefficient (Wildman–Crippen LogP) is 2.94. The third kappa shape index (κ3) is 2.71. The Bertz CT molecular complexity index is 581. The van der Waals surface area contributed by atoms with Crippen LogP contribution in [0.25, 0.3) is 0 Å². The summed E-state index contributed by atoms with van der Waals surface area (Å²) < 4.78 is 1.80. The number of hydrogen-bond acceptors (Lipinski definition) is 4. The summed E-state index contributed by atoms with van der Waals surface area (Å²) in [4.78, 5) is 2.07. The van der Waals surface area contributed by atoms with Gasteiger partial charge in [0.15, 0.2) is 5.82 Å². The van der Waals surface area contributed by atoms with Crippen molar-refractivity contribution >= 4 is 22.9 Å². The van der Waals surface area contributed by atoms with Gasteiger partial charge in [0, 0.05) is 32.5 Å². The smallest absolute Gasteiger partial charge is 0.152 e. The molecule has 0 bridgehead atoms. The Kier molecular flexibility index (Phi) is 3.88. The van der Waals surface area contributed by atoms with E-state index in [0.29, 0.717) is 5.92 Å². The lowest BCUT2D eigenvalue weighted by molar-refractivity contribution is 0.718. The molecule has 0 aliphatic rings. The minimum Gasteiger partial charge on any atom is -0.394 e. The van der Waals surface area contributed by atoms with Crippen molar-refractivity contribution in [1.82, 2.24) is 9.78 Å². The molecule has 0 aliphatic heterocycles. The summed E-state index contributed by atoms with van der Waals surface area (Å²) in [5, 5.41) is 7.81. The molecule has 1 aromatic carbocycles. The molecule has 5 heteroatoms. The maximum atomic E-state index is 6.18. The lowest BCUT2D eigenvalue weighted by atomic mass is 10.1. The molecule has 5 nitrogen and oxygen atoms in total. The van der Waals surface area contributed by atoms with E-state index in [9.17, 15) is 0 Å². The molecule has 1 heterocycles. The van der Waals surface area contributed by atoms with Gasteiger partial charge in [0.25, 0.3) is 0 Å².